The molecule has 3 heterocycles. The topological polar surface area (TPSA) is 270 Å². The van der Waals surface area contributed by atoms with Crippen LogP contribution in [0.25, 0.3) is 33.4 Å². The first kappa shape index (κ1) is 59.3. The molecule has 78 heavy (non-hydrogen) atoms. The van der Waals surface area contributed by atoms with Crippen LogP contribution in [0, 0.1) is 67.1 Å². The third-order valence-corrected chi connectivity index (χ3v) is 12.9. The van der Waals surface area contributed by atoms with Crippen LogP contribution in [0.2, 0.25) is 0 Å². The molecular weight excluding hydrogens is 1050 g/mol. The van der Waals surface area contributed by atoms with Crippen molar-refractivity contribution in [2.24, 2.45) is 4.99 Å². The molecule has 9 rings (SSSR count). The molecule has 0 saturated carbocycles. The van der Waals surface area contributed by atoms with Gasteiger partial charge in [-0.1, -0.05) is 114 Å². The predicted octanol–water partition coefficient (Wildman–Crippen LogP) is 12.9. The van der Waals surface area contributed by atoms with Crippen molar-refractivity contribution in [1.82, 2.24) is 10.2 Å². The fourth-order valence-electron chi connectivity index (χ4n) is 8.80. The predicted molar refractivity (Wildman–Crippen MR) is 303 cm³/mol. The number of carbonyl (C=O) groups excluding carboxylic acids is 2. The van der Waals surface area contributed by atoms with Crippen molar-refractivity contribution in [2.45, 2.75) is 78.6 Å². The van der Waals surface area contributed by atoms with E-state index in [1.807, 2.05) is 30.3 Å². The molecule has 0 fully saturated rings. The number of fused-ring (bicyclic) bond motifs is 3. The molecule has 3 aliphatic rings. The molecule has 4 N–H and O–H groups in total. The average molecular weight is 1110 g/mol. The highest BCUT2D eigenvalue weighted by atomic mass is 79.9. The van der Waals surface area contributed by atoms with Gasteiger partial charge in [0, 0.05) is 82.7 Å². The Bertz CT molecular complexity index is 3460. The van der Waals surface area contributed by atoms with Crippen LogP contribution in [-0.2, 0) is 24.1 Å². The van der Waals surface area contributed by atoms with Gasteiger partial charge in [-0.2, -0.15) is 36.6 Å². The number of nitrogens with zero attached hydrogens (tertiary/aromatic N) is 8. The molecule has 0 bridgehead atoms. The zero-order chi connectivity index (χ0) is 57.1. The van der Waals surface area contributed by atoms with Crippen LogP contribution in [0.5, 0.6) is 17.2 Å². The lowest BCUT2D eigenvalue weighted by molar-refractivity contribution is 0.237. The second-order valence-electron chi connectivity index (χ2n) is 18.7. The minimum atomic E-state index is -0.589. The van der Waals surface area contributed by atoms with Crippen LogP contribution in [0.3, 0.4) is 0 Å². The first-order chi connectivity index (χ1) is 37.5. The van der Waals surface area contributed by atoms with Crippen molar-refractivity contribution in [1.29, 1.82) is 31.6 Å². The molecule has 0 atom stereocenters. The summed E-state index contributed by atoms with van der Waals surface area (Å²) >= 11 is 2.45. The van der Waals surface area contributed by atoms with Crippen LogP contribution >= 0.6 is 15.9 Å². The summed E-state index contributed by atoms with van der Waals surface area (Å²) in [6, 6.07) is 36.1. The summed E-state index contributed by atoms with van der Waals surface area (Å²) in [5.74, 6) is 3.63. The quantitative estimate of drug-likeness (QED) is 0.0421. The number of nitrogens with two attached hydrogens (primary N) is 1. The second-order valence-corrected chi connectivity index (χ2v) is 19.0. The average Bonchev–Trinajstić information content (AvgIpc) is 4.33. The Labute approximate surface area is 464 Å². The molecule has 6 aromatic rings. The van der Waals surface area contributed by atoms with E-state index in [2.05, 4.69) is 140 Å². The number of ether oxygens (including phenoxy) is 3. The molecule has 0 radical (unpaired) electrons. The van der Waals surface area contributed by atoms with Gasteiger partial charge in [-0.3, -0.25) is 0 Å². The first-order valence-electron chi connectivity index (χ1n) is 24.9. The molecule has 16 nitrogen and oxygen atoms in total. The van der Waals surface area contributed by atoms with Crippen molar-refractivity contribution in [3.63, 3.8) is 0 Å². The summed E-state index contributed by atoms with van der Waals surface area (Å²) in [6.07, 6.45) is 6.97. The number of nitriles is 6. The van der Waals surface area contributed by atoms with Crippen molar-refractivity contribution in [2.75, 3.05) is 45.0 Å². The SMILES string of the molecule is CC(C)c1ccc(-c2cc(N)c(C#N)c3c2OCC3)cc1.CC(C)c1ccc(-c2cc(N=C=O)c(C#N)c3c2OCC3)cc1.CC(C)c1ccc(-c2cc(NC(=O)N(C)C#N)c(C#N)c3c2OCC3)cc1.CNC#N.N#CBr. The Kier molecular flexibility index (Phi) is 21.5. The van der Waals surface area contributed by atoms with E-state index in [9.17, 15) is 25.4 Å². The molecule has 0 aliphatic carbocycles. The van der Waals surface area contributed by atoms with Gasteiger partial charge in [0.05, 0.1) is 53.6 Å². The van der Waals surface area contributed by atoms with Gasteiger partial charge in [-0.25, -0.2) is 14.5 Å². The molecule has 0 saturated heterocycles. The number of benzene rings is 6. The van der Waals surface area contributed by atoms with Gasteiger partial charge < -0.3 is 30.6 Å². The number of nitrogens with one attached hydrogen (secondary N) is 2. The Balaban J connectivity index is 0.000000204. The number of carbonyl (C=O) groups is 1. The molecule has 2 amide bonds. The number of rotatable bonds is 8. The Morgan fingerprint density at radius 2 is 0.974 bits per heavy atom. The number of hydrogen-bond acceptors (Lipinski definition) is 14. The lowest BCUT2D eigenvalue weighted by Crippen LogP contribution is -2.27. The van der Waals surface area contributed by atoms with E-state index in [1.165, 1.54) is 29.8 Å². The smallest absolute Gasteiger partial charge is 0.334 e. The fourth-order valence-corrected chi connectivity index (χ4v) is 8.80. The van der Waals surface area contributed by atoms with E-state index >= 15 is 0 Å². The standard InChI is InChI=1S/C21H20N4O2.C19H16N2O2.C18H18N2O.C2H4N2.CBrN/c1-13(2)14-4-6-15(7-5-14)17-10-19(24-21(26)25(3)12-23)18(11-22)16-8-9-27-20(16)17;1-12(2)13-3-5-14(6-4-13)16-9-18(21-11-22)17(10-20)15-7-8-23-19(15)16;1-11(2)12-3-5-13(6-4-12)15-9-17(20)16(10-19)14-7-8-21-18(14)15;1-4-2-3;2-1-3/h4-7,10,13H,8-9H2,1-3H3,(H,24,26);3-6,9,12H,7-8H2,1-2H3;3-6,9,11H,7-8,20H2,1-2H3;4H,1H3;. The maximum atomic E-state index is 12.1. The lowest BCUT2D eigenvalue weighted by Gasteiger charge is -2.16. The summed E-state index contributed by atoms with van der Waals surface area (Å²) in [5.41, 5.74) is 20.7. The van der Waals surface area contributed by atoms with Gasteiger partial charge in [0.2, 0.25) is 6.08 Å². The molecule has 0 spiro atoms. The summed E-state index contributed by atoms with van der Waals surface area (Å²) in [6.45, 7) is 14.6. The summed E-state index contributed by atoms with van der Waals surface area (Å²) in [4.78, 5) is 29.0. The number of isocyanates is 1. The third-order valence-electron chi connectivity index (χ3n) is 12.9. The number of urea groups is 1. The molecule has 17 heteroatoms. The highest BCUT2D eigenvalue weighted by Crippen LogP contribution is 2.45. The van der Waals surface area contributed by atoms with E-state index in [0.29, 0.717) is 89.9 Å². The zero-order valence-electron chi connectivity index (χ0n) is 44.7. The zero-order valence-corrected chi connectivity index (χ0v) is 46.3. The highest BCUT2D eigenvalue weighted by molar-refractivity contribution is 9.12. The van der Waals surface area contributed by atoms with E-state index in [4.69, 9.17) is 35.7 Å². The molecule has 6 aromatic carbocycles. The van der Waals surface area contributed by atoms with Crippen LogP contribution in [0.4, 0.5) is 21.9 Å². The summed E-state index contributed by atoms with van der Waals surface area (Å²) < 4.78 is 17.3. The Hall–Kier alpha value is -9.61. The van der Waals surface area contributed by atoms with Crippen molar-refractivity contribution in [3.8, 4) is 86.2 Å². The number of halogens is 1. The van der Waals surface area contributed by atoms with Crippen LogP contribution in [-0.4, -0.2) is 50.9 Å². The molecule has 0 aromatic heterocycles. The normalized spacial score (nSPS) is 11.5. The molecule has 3 aliphatic heterocycles. The maximum absolute atomic E-state index is 12.1. The summed E-state index contributed by atoms with van der Waals surface area (Å²) in [5, 5.41) is 56.8. The van der Waals surface area contributed by atoms with Gasteiger partial charge in [0.25, 0.3) is 0 Å². The number of amides is 2. The van der Waals surface area contributed by atoms with E-state index < -0.39 is 6.03 Å². The van der Waals surface area contributed by atoms with Gasteiger partial charge in [0.1, 0.15) is 40.4 Å². The van der Waals surface area contributed by atoms with Crippen molar-refractivity contribution in [3.05, 3.63) is 141 Å². The van der Waals surface area contributed by atoms with E-state index in [1.54, 1.807) is 36.5 Å². The minimum Gasteiger partial charge on any atom is -0.492 e. The van der Waals surface area contributed by atoms with Gasteiger partial charge in [0.15, 0.2) is 12.4 Å². The molecule has 0 unspecified atom stereocenters. The van der Waals surface area contributed by atoms with E-state index in [0.717, 1.165) is 72.9 Å². The van der Waals surface area contributed by atoms with Gasteiger partial charge in [-0.05, 0) is 69.3 Å². The highest BCUT2D eigenvalue weighted by Gasteiger charge is 2.28. The monoisotopic (exact) mass is 1100 g/mol. The number of hydrogen-bond donors (Lipinski definition) is 3. The number of nitrogen functional groups attached to an aromatic ring is 1. The van der Waals surface area contributed by atoms with Crippen LogP contribution in [0.1, 0.15) is 109 Å². The third kappa shape index (κ3) is 14.0. The number of aliphatic imine (C=N–C) groups is 1. The number of anilines is 2. The molecule has 394 valence electrons. The fraction of sp³-hybridized carbons (Fsp3) is 0.279. The molecular formula is C61H58BrN11O5. The Morgan fingerprint density at radius 1 is 0.615 bits per heavy atom. The van der Waals surface area contributed by atoms with Crippen LogP contribution < -0.4 is 30.6 Å². The minimum absolute atomic E-state index is 0.356. The Morgan fingerprint density at radius 3 is 1.32 bits per heavy atom. The second kappa shape index (κ2) is 28.3. The van der Waals surface area contributed by atoms with Crippen LogP contribution in [0.15, 0.2) is 96.0 Å². The summed E-state index contributed by atoms with van der Waals surface area (Å²) in [7, 11) is 2.93. The lowest BCUT2D eigenvalue weighted by atomic mass is 9.94. The largest absolute Gasteiger partial charge is 0.492 e. The van der Waals surface area contributed by atoms with Gasteiger partial charge >= 0.3 is 6.03 Å². The van der Waals surface area contributed by atoms with E-state index in [-0.39, 0.29) is 0 Å². The first-order valence-corrected chi connectivity index (χ1v) is 25.7. The van der Waals surface area contributed by atoms with Gasteiger partial charge in [-0.15, -0.1) is 0 Å². The van der Waals surface area contributed by atoms with Crippen molar-refractivity contribution >= 4 is 45.1 Å². The van der Waals surface area contributed by atoms with Crippen molar-refractivity contribution < 1.29 is 23.8 Å². The maximum Gasteiger partial charge on any atom is 0.334 e.